The zero-order valence-electron chi connectivity index (χ0n) is 7.76. The zero-order valence-corrected chi connectivity index (χ0v) is 7.76. The molecule has 0 rings (SSSR count). The molecule has 72 valence electrons. The maximum atomic E-state index is 10.5. The number of amides is 1. The van der Waals surface area contributed by atoms with E-state index < -0.39 is 5.91 Å². The summed E-state index contributed by atoms with van der Waals surface area (Å²) in [5, 5.41) is 12.0. The topological polar surface area (TPSA) is 75.3 Å². The minimum absolute atomic E-state index is 0.0350. The predicted molar refractivity (Wildman–Crippen MR) is 47.6 cm³/mol. The Morgan fingerprint density at radius 3 is 2.25 bits per heavy atom. The van der Waals surface area contributed by atoms with Crippen LogP contribution in [0.3, 0.4) is 0 Å². The molecule has 1 amide bonds. The highest BCUT2D eigenvalue weighted by atomic mass is 16.3. The predicted octanol–water partition coefficient (Wildman–Crippen LogP) is -0.388. The van der Waals surface area contributed by atoms with Crippen LogP contribution in [0.15, 0.2) is 0 Å². The van der Waals surface area contributed by atoms with Crippen molar-refractivity contribution in [3.8, 4) is 0 Å². The molecule has 12 heavy (non-hydrogen) atoms. The highest BCUT2D eigenvalue weighted by Crippen LogP contribution is 2.12. The first-order chi connectivity index (χ1) is 5.60. The summed E-state index contributed by atoms with van der Waals surface area (Å²) in [6, 6.07) is 0. The van der Waals surface area contributed by atoms with Gasteiger partial charge in [-0.3, -0.25) is 4.79 Å². The third-order valence-corrected chi connectivity index (χ3v) is 2.29. The Kier molecular flexibility index (Phi) is 4.85. The van der Waals surface area contributed by atoms with Crippen LogP contribution >= 0.6 is 0 Å². The Morgan fingerprint density at radius 1 is 1.50 bits per heavy atom. The Balaban J connectivity index is 4.01. The molecule has 0 aromatic rings. The number of nitrogens with one attached hydrogen (secondary N) is 1. The summed E-state index contributed by atoms with van der Waals surface area (Å²) in [6.45, 7) is 4.09. The van der Waals surface area contributed by atoms with Gasteiger partial charge < -0.3 is 16.2 Å². The summed E-state index contributed by atoms with van der Waals surface area (Å²) in [5.74, 6) is -0.394. The van der Waals surface area contributed by atoms with Crippen molar-refractivity contribution in [2.45, 2.75) is 32.2 Å². The van der Waals surface area contributed by atoms with Crippen molar-refractivity contribution in [1.82, 2.24) is 5.32 Å². The van der Waals surface area contributed by atoms with Gasteiger partial charge >= 0.3 is 0 Å². The number of aliphatic hydroxyl groups is 1. The summed E-state index contributed by atoms with van der Waals surface area (Å²) < 4.78 is 0. The molecule has 0 radical (unpaired) electrons. The molecule has 0 aromatic heterocycles. The summed E-state index contributed by atoms with van der Waals surface area (Å²) in [5.41, 5.74) is 4.64. The van der Waals surface area contributed by atoms with Gasteiger partial charge in [-0.1, -0.05) is 13.8 Å². The van der Waals surface area contributed by atoms with Gasteiger partial charge in [0.05, 0.1) is 13.2 Å². The molecule has 0 aliphatic carbocycles. The molecule has 0 fully saturated rings. The zero-order chi connectivity index (χ0) is 9.61. The molecule has 4 nitrogen and oxygen atoms in total. The molecular formula is C8H18N2O2. The quantitative estimate of drug-likeness (QED) is 0.513. The highest BCUT2D eigenvalue weighted by Gasteiger charge is 2.24. The van der Waals surface area contributed by atoms with E-state index in [2.05, 4.69) is 5.32 Å². The van der Waals surface area contributed by atoms with Gasteiger partial charge in [0.25, 0.3) is 0 Å². The molecule has 4 heteroatoms. The third kappa shape index (κ3) is 3.19. The van der Waals surface area contributed by atoms with Gasteiger partial charge in [-0.15, -0.1) is 0 Å². The lowest BCUT2D eigenvalue weighted by Gasteiger charge is -2.30. The highest BCUT2D eigenvalue weighted by molar-refractivity contribution is 5.75. The van der Waals surface area contributed by atoms with Gasteiger partial charge in [0, 0.05) is 5.54 Å². The van der Waals surface area contributed by atoms with Gasteiger partial charge in [0.15, 0.2) is 0 Å². The summed E-state index contributed by atoms with van der Waals surface area (Å²) in [7, 11) is 0. The van der Waals surface area contributed by atoms with Gasteiger partial charge in [-0.25, -0.2) is 0 Å². The first kappa shape index (κ1) is 11.4. The van der Waals surface area contributed by atoms with Crippen molar-refractivity contribution in [3.05, 3.63) is 0 Å². The molecule has 0 aromatic carbocycles. The van der Waals surface area contributed by atoms with E-state index in [1.165, 1.54) is 0 Å². The van der Waals surface area contributed by atoms with E-state index in [0.717, 1.165) is 12.8 Å². The van der Waals surface area contributed by atoms with E-state index in [-0.39, 0.29) is 18.7 Å². The molecule has 0 spiro atoms. The molecule has 0 saturated heterocycles. The van der Waals surface area contributed by atoms with Crippen LogP contribution in [0.4, 0.5) is 0 Å². The van der Waals surface area contributed by atoms with Crippen LogP contribution in [-0.4, -0.2) is 29.7 Å². The Bertz CT molecular complexity index is 136. The smallest absolute Gasteiger partial charge is 0.231 e. The number of carbonyl (C=O) groups is 1. The number of hydrogen-bond donors (Lipinski definition) is 3. The van der Waals surface area contributed by atoms with Gasteiger partial charge in [0.1, 0.15) is 0 Å². The third-order valence-electron chi connectivity index (χ3n) is 2.29. The van der Waals surface area contributed by atoms with Crippen LogP contribution in [0, 0.1) is 0 Å². The number of aliphatic hydroxyl groups excluding tert-OH is 1. The van der Waals surface area contributed by atoms with E-state index in [1.807, 2.05) is 13.8 Å². The Hall–Kier alpha value is -0.610. The maximum Gasteiger partial charge on any atom is 0.231 e. The van der Waals surface area contributed by atoms with Gasteiger partial charge in [-0.2, -0.15) is 0 Å². The van der Waals surface area contributed by atoms with Crippen LogP contribution in [-0.2, 0) is 4.79 Å². The number of nitrogens with two attached hydrogens (primary N) is 1. The lowest BCUT2D eigenvalue weighted by molar-refractivity contribution is -0.117. The molecule has 0 aliphatic heterocycles. The largest absolute Gasteiger partial charge is 0.394 e. The second kappa shape index (κ2) is 5.11. The summed E-state index contributed by atoms with van der Waals surface area (Å²) >= 11 is 0. The van der Waals surface area contributed by atoms with Crippen molar-refractivity contribution in [2.75, 3.05) is 13.2 Å². The van der Waals surface area contributed by atoms with E-state index >= 15 is 0 Å². The van der Waals surface area contributed by atoms with E-state index in [0.29, 0.717) is 0 Å². The molecule has 0 bridgehead atoms. The fourth-order valence-electron chi connectivity index (χ4n) is 1.05. The molecule has 0 aliphatic rings. The number of carbonyl (C=O) groups excluding carboxylic acids is 1. The van der Waals surface area contributed by atoms with Crippen molar-refractivity contribution >= 4 is 5.91 Å². The molecular weight excluding hydrogens is 156 g/mol. The molecule has 0 heterocycles. The van der Waals surface area contributed by atoms with Crippen molar-refractivity contribution in [1.29, 1.82) is 0 Å². The minimum atomic E-state index is -0.394. The number of primary amides is 1. The lowest BCUT2D eigenvalue weighted by atomic mass is 9.94. The molecule has 0 saturated carbocycles. The second-order valence-electron chi connectivity index (χ2n) is 2.97. The molecule has 4 N–H and O–H groups in total. The number of hydrogen-bond acceptors (Lipinski definition) is 3. The van der Waals surface area contributed by atoms with Crippen LogP contribution in [0.2, 0.25) is 0 Å². The van der Waals surface area contributed by atoms with Crippen LogP contribution in [0.1, 0.15) is 26.7 Å². The van der Waals surface area contributed by atoms with Crippen LogP contribution < -0.4 is 11.1 Å². The molecule has 0 unspecified atom stereocenters. The van der Waals surface area contributed by atoms with E-state index in [9.17, 15) is 4.79 Å². The van der Waals surface area contributed by atoms with Gasteiger partial charge in [-0.05, 0) is 12.8 Å². The van der Waals surface area contributed by atoms with E-state index in [1.54, 1.807) is 0 Å². The average molecular weight is 174 g/mol. The lowest BCUT2D eigenvalue weighted by Crippen LogP contribution is -2.50. The van der Waals surface area contributed by atoms with Crippen molar-refractivity contribution < 1.29 is 9.90 Å². The first-order valence-corrected chi connectivity index (χ1v) is 4.24. The summed E-state index contributed by atoms with van der Waals surface area (Å²) in [6.07, 6.45) is 1.57. The average Bonchev–Trinajstić information content (AvgIpc) is 2.08. The van der Waals surface area contributed by atoms with Gasteiger partial charge in [0.2, 0.25) is 5.91 Å². The summed E-state index contributed by atoms with van der Waals surface area (Å²) in [4.78, 5) is 10.5. The van der Waals surface area contributed by atoms with E-state index in [4.69, 9.17) is 10.8 Å². The monoisotopic (exact) mass is 174 g/mol. The van der Waals surface area contributed by atoms with Crippen LogP contribution in [0.5, 0.6) is 0 Å². The Morgan fingerprint density at radius 2 is 2.00 bits per heavy atom. The minimum Gasteiger partial charge on any atom is -0.394 e. The normalized spacial score (nSPS) is 11.6. The Labute approximate surface area is 73.1 Å². The fourth-order valence-corrected chi connectivity index (χ4v) is 1.05. The SMILES string of the molecule is CCC(CC)(CO)NCC(N)=O. The second-order valence-corrected chi connectivity index (χ2v) is 2.97. The maximum absolute atomic E-state index is 10.5. The fraction of sp³-hybridized carbons (Fsp3) is 0.875. The van der Waals surface area contributed by atoms with Crippen molar-refractivity contribution in [3.63, 3.8) is 0 Å². The first-order valence-electron chi connectivity index (χ1n) is 4.24. The van der Waals surface area contributed by atoms with Crippen LogP contribution in [0.25, 0.3) is 0 Å². The standard InChI is InChI=1S/C8H18N2O2/c1-3-8(4-2,6-11)10-5-7(9)12/h10-11H,3-6H2,1-2H3,(H2,9,12). The molecule has 0 atom stereocenters. The number of rotatable bonds is 6. The van der Waals surface area contributed by atoms with Crippen molar-refractivity contribution in [2.24, 2.45) is 5.73 Å².